The van der Waals surface area contributed by atoms with Crippen LogP contribution in [0.3, 0.4) is 0 Å². The Morgan fingerprint density at radius 3 is 3.00 bits per heavy atom. The van der Waals surface area contributed by atoms with Crippen molar-refractivity contribution in [2.24, 2.45) is 0 Å². The molecule has 1 amide bonds. The third kappa shape index (κ3) is 2.56. The Morgan fingerprint density at radius 2 is 2.37 bits per heavy atom. The molecule has 8 heteroatoms. The van der Waals surface area contributed by atoms with Crippen molar-refractivity contribution < 1.29 is 9.72 Å². The van der Waals surface area contributed by atoms with E-state index in [4.69, 9.17) is 5.73 Å². The second kappa shape index (κ2) is 5.09. The monoisotopic (exact) mass is 265 g/mol. The highest BCUT2D eigenvalue weighted by molar-refractivity contribution is 5.85. The summed E-state index contributed by atoms with van der Waals surface area (Å²) in [7, 11) is 1.56. The number of anilines is 2. The average molecular weight is 265 g/mol. The number of amides is 1. The molecule has 1 aliphatic rings. The first-order valence-corrected chi connectivity index (χ1v) is 5.93. The minimum atomic E-state index is -0.521. The Bertz CT molecular complexity index is 519. The highest BCUT2D eigenvalue weighted by Gasteiger charge is 2.31. The predicted molar refractivity (Wildman–Crippen MR) is 69.7 cm³/mol. The summed E-state index contributed by atoms with van der Waals surface area (Å²) >= 11 is 0. The van der Waals surface area contributed by atoms with E-state index in [-0.39, 0.29) is 23.5 Å². The normalized spacial score (nSPS) is 18.4. The average Bonchev–Trinajstić information content (AvgIpc) is 2.86. The molecular formula is C11H15N5O3. The number of carbonyl (C=O) groups is 1. The van der Waals surface area contributed by atoms with E-state index in [1.165, 1.54) is 12.1 Å². The van der Waals surface area contributed by atoms with Crippen LogP contribution in [0, 0.1) is 10.1 Å². The van der Waals surface area contributed by atoms with E-state index in [2.05, 4.69) is 10.3 Å². The molecule has 8 nitrogen and oxygen atoms in total. The maximum atomic E-state index is 11.8. The van der Waals surface area contributed by atoms with Gasteiger partial charge in [-0.2, -0.15) is 0 Å². The van der Waals surface area contributed by atoms with E-state index < -0.39 is 4.92 Å². The summed E-state index contributed by atoms with van der Waals surface area (Å²) in [6.07, 6.45) is 1.53. The molecule has 2 rings (SSSR count). The van der Waals surface area contributed by atoms with Crippen molar-refractivity contribution in [3.05, 3.63) is 22.2 Å². The number of rotatable bonds is 3. The lowest BCUT2D eigenvalue weighted by Gasteiger charge is -2.24. The van der Waals surface area contributed by atoms with E-state index in [1.807, 2.05) is 0 Å². The summed E-state index contributed by atoms with van der Waals surface area (Å²) in [6, 6.07) is 2.20. The number of hydrogen-bond donors (Lipinski definition) is 2. The molecule has 1 atom stereocenters. The molecule has 1 saturated heterocycles. The van der Waals surface area contributed by atoms with Crippen LogP contribution in [-0.4, -0.2) is 35.4 Å². The van der Waals surface area contributed by atoms with Crippen molar-refractivity contribution in [3.63, 3.8) is 0 Å². The quantitative estimate of drug-likeness (QED) is 0.599. The summed E-state index contributed by atoms with van der Waals surface area (Å²) < 4.78 is 0. The number of pyridine rings is 1. The van der Waals surface area contributed by atoms with Gasteiger partial charge in [0, 0.05) is 13.6 Å². The Balaban J connectivity index is 2.35. The Hall–Kier alpha value is -2.38. The first-order chi connectivity index (χ1) is 9.02. The lowest BCUT2D eigenvalue weighted by Crippen LogP contribution is -2.42. The first-order valence-electron chi connectivity index (χ1n) is 5.93. The molecule has 1 unspecified atom stereocenters. The number of likely N-dealkylation sites (N-methyl/N-ethyl adjacent to an activating group) is 1. The number of nitrogens with zero attached hydrogens (tertiary/aromatic N) is 3. The maximum absolute atomic E-state index is 11.8. The van der Waals surface area contributed by atoms with Gasteiger partial charge >= 0.3 is 0 Å². The van der Waals surface area contributed by atoms with Gasteiger partial charge < -0.3 is 16.0 Å². The van der Waals surface area contributed by atoms with Gasteiger partial charge in [-0.25, -0.2) is 4.98 Å². The van der Waals surface area contributed by atoms with Crippen molar-refractivity contribution in [2.75, 3.05) is 24.2 Å². The molecule has 3 N–H and O–H groups in total. The Morgan fingerprint density at radius 1 is 1.63 bits per heavy atom. The lowest BCUT2D eigenvalue weighted by atomic mass is 10.2. The molecule has 1 aliphatic heterocycles. The van der Waals surface area contributed by atoms with Crippen LogP contribution in [0.2, 0.25) is 0 Å². The fraction of sp³-hybridized carbons (Fsp3) is 0.455. The largest absolute Gasteiger partial charge is 0.383 e. The molecular weight excluding hydrogens is 250 g/mol. The van der Waals surface area contributed by atoms with Crippen molar-refractivity contribution in [3.8, 4) is 0 Å². The number of nitrogen functional groups attached to an aromatic ring is 1. The second-order valence-corrected chi connectivity index (χ2v) is 4.33. The van der Waals surface area contributed by atoms with E-state index in [0.29, 0.717) is 18.8 Å². The van der Waals surface area contributed by atoms with Crippen LogP contribution in [0.1, 0.15) is 12.8 Å². The molecule has 0 bridgehead atoms. The molecule has 1 aromatic rings. The van der Waals surface area contributed by atoms with Gasteiger partial charge in [-0.15, -0.1) is 0 Å². The zero-order chi connectivity index (χ0) is 14.0. The fourth-order valence-electron chi connectivity index (χ4n) is 2.25. The van der Waals surface area contributed by atoms with Crippen LogP contribution in [0.15, 0.2) is 12.1 Å². The minimum Gasteiger partial charge on any atom is -0.383 e. The van der Waals surface area contributed by atoms with E-state index >= 15 is 0 Å². The number of nitro groups is 1. The molecule has 0 saturated carbocycles. The highest BCUT2D eigenvalue weighted by atomic mass is 16.6. The number of nitrogens with two attached hydrogens (primary N) is 1. The molecule has 0 aliphatic carbocycles. The van der Waals surface area contributed by atoms with Gasteiger partial charge in [0.25, 0.3) is 5.69 Å². The van der Waals surface area contributed by atoms with Crippen LogP contribution < -0.4 is 16.0 Å². The van der Waals surface area contributed by atoms with Crippen LogP contribution in [0.5, 0.6) is 0 Å². The summed E-state index contributed by atoms with van der Waals surface area (Å²) in [5, 5.41) is 13.4. The maximum Gasteiger partial charge on any atom is 0.276 e. The van der Waals surface area contributed by atoms with Gasteiger partial charge in [-0.1, -0.05) is 0 Å². The van der Waals surface area contributed by atoms with Crippen LogP contribution >= 0.6 is 0 Å². The van der Waals surface area contributed by atoms with Gasteiger partial charge in [0.2, 0.25) is 5.91 Å². The molecule has 1 aromatic heterocycles. The Labute approximate surface area is 109 Å². The van der Waals surface area contributed by atoms with Crippen molar-refractivity contribution in [1.82, 2.24) is 10.3 Å². The van der Waals surface area contributed by atoms with Crippen molar-refractivity contribution >= 4 is 23.2 Å². The van der Waals surface area contributed by atoms with Crippen molar-refractivity contribution in [1.29, 1.82) is 0 Å². The van der Waals surface area contributed by atoms with Gasteiger partial charge in [-0.3, -0.25) is 14.9 Å². The van der Waals surface area contributed by atoms with Gasteiger partial charge in [0.15, 0.2) is 0 Å². The predicted octanol–water partition coefficient (Wildman–Crippen LogP) is 0.287. The summed E-state index contributed by atoms with van der Waals surface area (Å²) in [5.74, 6) is 0.328. The third-order valence-electron chi connectivity index (χ3n) is 3.12. The molecule has 19 heavy (non-hydrogen) atoms. The molecule has 0 spiro atoms. The van der Waals surface area contributed by atoms with E-state index in [0.717, 1.165) is 6.42 Å². The van der Waals surface area contributed by atoms with E-state index in [9.17, 15) is 14.9 Å². The van der Waals surface area contributed by atoms with Crippen LogP contribution in [-0.2, 0) is 4.79 Å². The SMILES string of the molecule is CNC(=O)C1CCCN1c1cc([N+](=O)[O-])cc(N)n1. The molecule has 102 valence electrons. The smallest absolute Gasteiger partial charge is 0.276 e. The van der Waals surface area contributed by atoms with Gasteiger partial charge in [-0.05, 0) is 12.8 Å². The minimum absolute atomic E-state index is 0.0757. The number of aromatic nitrogens is 1. The number of nitrogens with one attached hydrogen (secondary N) is 1. The highest BCUT2D eigenvalue weighted by Crippen LogP contribution is 2.28. The summed E-state index contributed by atoms with van der Waals surface area (Å²) in [5.41, 5.74) is 5.46. The number of carbonyl (C=O) groups excluding carboxylic acids is 1. The molecule has 1 fully saturated rings. The summed E-state index contributed by atoms with van der Waals surface area (Å²) in [4.78, 5) is 27.9. The molecule has 0 radical (unpaired) electrons. The Kier molecular flexibility index (Phi) is 3.50. The zero-order valence-electron chi connectivity index (χ0n) is 10.5. The standard InChI is InChI=1S/C11H15N5O3/c1-13-11(17)8-3-2-4-15(8)10-6-7(16(18)19)5-9(12)14-10/h5-6,8H,2-4H2,1H3,(H2,12,14)(H,13,17). The second-order valence-electron chi connectivity index (χ2n) is 4.33. The lowest BCUT2D eigenvalue weighted by molar-refractivity contribution is -0.384. The fourth-order valence-corrected chi connectivity index (χ4v) is 2.25. The topological polar surface area (TPSA) is 114 Å². The number of hydrogen-bond acceptors (Lipinski definition) is 6. The first kappa shape index (κ1) is 13.1. The van der Waals surface area contributed by atoms with Crippen molar-refractivity contribution in [2.45, 2.75) is 18.9 Å². The molecule has 2 heterocycles. The van der Waals surface area contributed by atoms with Crippen LogP contribution in [0.25, 0.3) is 0 Å². The van der Waals surface area contributed by atoms with Crippen LogP contribution in [0.4, 0.5) is 17.3 Å². The van der Waals surface area contributed by atoms with Gasteiger partial charge in [0.05, 0.1) is 17.1 Å². The summed E-state index contributed by atoms with van der Waals surface area (Å²) in [6.45, 7) is 0.631. The zero-order valence-corrected chi connectivity index (χ0v) is 10.5. The molecule has 0 aromatic carbocycles. The third-order valence-corrected chi connectivity index (χ3v) is 3.12. The van der Waals surface area contributed by atoms with Gasteiger partial charge in [0.1, 0.15) is 17.7 Å². The van der Waals surface area contributed by atoms with E-state index in [1.54, 1.807) is 11.9 Å².